The van der Waals surface area contributed by atoms with Crippen molar-refractivity contribution in [1.29, 1.82) is 0 Å². The van der Waals surface area contributed by atoms with Crippen LogP contribution < -0.4 is 10.2 Å². The Bertz CT molecular complexity index is 467. The summed E-state index contributed by atoms with van der Waals surface area (Å²) < 4.78 is 0. The van der Waals surface area contributed by atoms with E-state index in [4.69, 9.17) is 0 Å². The SMILES string of the molecule is CCCCCNC(=O)N1CCN(c2ccccc2CC)CC1. The predicted molar refractivity (Wildman–Crippen MR) is 92.5 cm³/mol. The molecule has 1 aliphatic rings. The topological polar surface area (TPSA) is 35.6 Å². The highest BCUT2D eigenvalue weighted by Gasteiger charge is 2.21. The van der Waals surface area contributed by atoms with Gasteiger partial charge in [0.2, 0.25) is 0 Å². The summed E-state index contributed by atoms with van der Waals surface area (Å²) in [6.07, 6.45) is 4.49. The number of para-hydroxylation sites is 1. The summed E-state index contributed by atoms with van der Waals surface area (Å²) >= 11 is 0. The molecule has 2 rings (SSSR count). The molecule has 1 aromatic carbocycles. The van der Waals surface area contributed by atoms with E-state index in [1.165, 1.54) is 24.1 Å². The Balaban J connectivity index is 1.81. The molecule has 4 heteroatoms. The fourth-order valence-electron chi connectivity index (χ4n) is 2.95. The van der Waals surface area contributed by atoms with Crippen LogP contribution in [0.5, 0.6) is 0 Å². The van der Waals surface area contributed by atoms with E-state index in [2.05, 4.69) is 48.3 Å². The Hall–Kier alpha value is -1.71. The first-order chi connectivity index (χ1) is 10.8. The van der Waals surface area contributed by atoms with Crippen molar-refractivity contribution in [2.75, 3.05) is 37.6 Å². The molecule has 0 aromatic heterocycles. The van der Waals surface area contributed by atoms with Gasteiger partial charge in [-0.05, 0) is 24.5 Å². The molecule has 122 valence electrons. The highest BCUT2D eigenvalue weighted by Crippen LogP contribution is 2.22. The molecule has 1 fully saturated rings. The minimum atomic E-state index is 0.0968. The van der Waals surface area contributed by atoms with Crippen molar-refractivity contribution in [2.45, 2.75) is 39.5 Å². The van der Waals surface area contributed by atoms with Gasteiger partial charge in [0.05, 0.1) is 0 Å². The zero-order chi connectivity index (χ0) is 15.8. The van der Waals surface area contributed by atoms with Crippen LogP contribution in [0.25, 0.3) is 0 Å². The molecule has 0 atom stereocenters. The van der Waals surface area contributed by atoms with Gasteiger partial charge in [-0.1, -0.05) is 44.9 Å². The molecule has 22 heavy (non-hydrogen) atoms. The monoisotopic (exact) mass is 303 g/mol. The van der Waals surface area contributed by atoms with E-state index in [9.17, 15) is 4.79 Å². The molecule has 1 heterocycles. The molecular formula is C18H29N3O. The van der Waals surface area contributed by atoms with E-state index in [0.29, 0.717) is 0 Å². The smallest absolute Gasteiger partial charge is 0.317 e. The summed E-state index contributed by atoms with van der Waals surface area (Å²) in [6, 6.07) is 8.69. The number of carbonyl (C=O) groups excluding carboxylic acids is 1. The number of hydrogen-bond donors (Lipinski definition) is 1. The highest BCUT2D eigenvalue weighted by atomic mass is 16.2. The predicted octanol–water partition coefficient (Wildman–Crippen LogP) is 3.27. The van der Waals surface area contributed by atoms with E-state index in [-0.39, 0.29) is 6.03 Å². The maximum absolute atomic E-state index is 12.1. The van der Waals surface area contributed by atoms with E-state index in [1.807, 2.05) is 4.90 Å². The number of nitrogens with zero attached hydrogens (tertiary/aromatic N) is 2. The standard InChI is InChI=1S/C18H29N3O/c1-3-5-8-11-19-18(22)21-14-12-20(13-15-21)17-10-7-6-9-16(17)4-2/h6-7,9-10H,3-5,8,11-15H2,1-2H3,(H,19,22). The summed E-state index contributed by atoms with van der Waals surface area (Å²) in [7, 11) is 0. The van der Waals surface area contributed by atoms with Gasteiger partial charge in [0, 0.05) is 38.4 Å². The minimum Gasteiger partial charge on any atom is -0.368 e. The Kier molecular flexibility index (Phi) is 6.56. The number of urea groups is 1. The first-order valence-electron chi connectivity index (χ1n) is 8.61. The lowest BCUT2D eigenvalue weighted by Crippen LogP contribution is -2.52. The van der Waals surface area contributed by atoms with Gasteiger partial charge in [-0.15, -0.1) is 0 Å². The fraction of sp³-hybridized carbons (Fsp3) is 0.611. The van der Waals surface area contributed by atoms with Gasteiger partial charge < -0.3 is 15.1 Å². The molecule has 4 nitrogen and oxygen atoms in total. The van der Waals surface area contributed by atoms with Crippen molar-refractivity contribution >= 4 is 11.7 Å². The van der Waals surface area contributed by atoms with Crippen LogP contribution in [0.4, 0.5) is 10.5 Å². The Morgan fingerprint density at radius 2 is 1.82 bits per heavy atom. The second-order valence-corrected chi connectivity index (χ2v) is 5.90. The molecule has 1 saturated heterocycles. The van der Waals surface area contributed by atoms with Crippen LogP contribution in [-0.2, 0) is 6.42 Å². The molecule has 2 amide bonds. The van der Waals surface area contributed by atoms with Crippen molar-refractivity contribution in [3.63, 3.8) is 0 Å². The Labute approximate surface area is 134 Å². The lowest BCUT2D eigenvalue weighted by atomic mass is 10.1. The minimum absolute atomic E-state index is 0.0968. The molecule has 0 bridgehead atoms. The number of aryl methyl sites for hydroxylation is 1. The Morgan fingerprint density at radius 1 is 1.09 bits per heavy atom. The first-order valence-corrected chi connectivity index (χ1v) is 8.61. The maximum atomic E-state index is 12.1. The third-order valence-corrected chi connectivity index (χ3v) is 4.34. The van der Waals surface area contributed by atoms with Gasteiger partial charge in [0.15, 0.2) is 0 Å². The van der Waals surface area contributed by atoms with Crippen LogP contribution >= 0.6 is 0 Å². The number of piperazine rings is 1. The highest BCUT2D eigenvalue weighted by molar-refractivity contribution is 5.74. The molecule has 0 unspecified atom stereocenters. The van der Waals surface area contributed by atoms with Gasteiger partial charge in [-0.3, -0.25) is 0 Å². The van der Waals surface area contributed by atoms with Gasteiger partial charge in [-0.2, -0.15) is 0 Å². The number of anilines is 1. The number of rotatable bonds is 6. The van der Waals surface area contributed by atoms with Crippen LogP contribution in [0.2, 0.25) is 0 Å². The number of amides is 2. The summed E-state index contributed by atoms with van der Waals surface area (Å²) in [5, 5.41) is 3.03. The molecule has 0 saturated carbocycles. The average molecular weight is 303 g/mol. The van der Waals surface area contributed by atoms with E-state index < -0.39 is 0 Å². The van der Waals surface area contributed by atoms with E-state index >= 15 is 0 Å². The van der Waals surface area contributed by atoms with Crippen molar-refractivity contribution in [3.05, 3.63) is 29.8 Å². The van der Waals surface area contributed by atoms with Crippen LogP contribution in [0, 0.1) is 0 Å². The molecule has 1 N–H and O–H groups in total. The molecule has 1 aromatic rings. The number of hydrogen-bond acceptors (Lipinski definition) is 2. The molecule has 0 spiro atoms. The quantitative estimate of drug-likeness (QED) is 0.819. The largest absolute Gasteiger partial charge is 0.368 e. The number of nitrogens with one attached hydrogen (secondary N) is 1. The van der Waals surface area contributed by atoms with Crippen LogP contribution in [0.1, 0.15) is 38.7 Å². The number of benzene rings is 1. The fourth-order valence-corrected chi connectivity index (χ4v) is 2.95. The third kappa shape index (κ3) is 4.39. The summed E-state index contributed by atoms with van der Waals surface area (Å²) in [4.78, 5) is 16.5. The van der Waals surface area contributed by atoms with E-state index in [0.717, 1.165) is 45.6 Å². The molecular weight excluding hydrogens is 274 g/mol. The average Bonchev–Trinajstić information content (AvgIpc) is 2.58. The maximum Gasteiger partial charge on any atom is 0.317 e. The lowest BCUT2D eigenvalue weighted by Gasteiger charge is -2.37. The van der Waals surface area contributed by atoms with Gasteiger partial charge in [0.1, 0.15) is 0 Å². The summed E-state index contributed by atoms with van der Waals surface area (Å²) in [6.45, 7) is 8.60. The zero-order valence-electron chi connectivity index (χ0n) is 14.0. The molecule has 0 aliphatic carbocycles. The second kappa shape index (κ2) is 8.66. The van der Waals surface area contributed by atoms with Gasteiger partial charge in [-0.25, -0.2) is 4.79 Å². The second-order valence-electron chi connectivity index (χ2n) is 5.90. The lowest BCUT2D eigenvalue weighted by molar-refractivity contribution is 0.194. The van der Waals surface area contributed by atoms with Gasteiger partial charge in [0.25, 0.3) is 0 Å². The molecule has 1 aliphatic heterocycles. The van der Waals surface area contributed by atoms with Crippen molar-refractivity contribution < 1.29 is 4.79 Å². The Morgan fingerprint density at radius 3 is 2.50 bits per heavy atom. The van der Waals surface area contributed by atoms with Crippen LogP contribution in [0.15, 0.2) is 24.3 Å². The van der Waals surface area contributed by atoms with Crippen molar-refractivity contribution in [1.82, 2.24) is 10.2 Å². The normalized spacial score (nSPS) is 15.0. The van der Waals surface area contributed by atoms with Gasteiger partial charge >= 0.3 is 6.03 Å². The van der Waals surface area contributed by atoms with E-state index in [1.54, 1.807) is 0 Å². The third-order valence-electron chi connectivity index (χ3n) is 4.34. The van der Waals surface area contributed by atoms with Crippen LogP contribution in [-0.4, -0.2) is 43.7 Å². The zero-order valence-corrected chi connectivity index (χ0v) is 14.0. The van der Waals surface area contributed by atoms with Crippen molar-refractivity contribution in [2.24, 2.45) is 0 Å². The number of unbranched alkanes of at least 4 members (excludes halogenated alkanes) is 2. The summed E-state index contributed by atoms with van der Waals surface area (Å²) in [5.41, 5.74) is 2.72. The van der Waals surface area contributed by atoms with Crippen molar-refractivity contribution in [3.8, 4) is 0 Å². The summed E-state index contributed by atoms with van der Waals surface area (Å²) in [5.74, 6) is 0. The van der Waals surface area contributed by atoms with Crippen LogP contribution in [0.3, 0.4) is 0 Å². The number of carbonyl (C=O) groups is 1. The molecule has 0 radical (unpaired) electrons. The first kappa shape index (κ1) is 16.7.